The highest BCUT2D eigenvalue weighted by Crippen LogP contribution is 2.22. The van der Waals surface area contributed by atoms with E-state index >= 15 is 0 Å². The summed E-state index contributed by atoms with van der Waals surface area (Å²) in [7, 11) is 0. The molecule has 0 fully saturated rings. The molecule has 100 valence electrons. The van der Waals surface area contributed by atoms with Crippen molar-refractivity contribution in [3.8, 4) is 0 Å². The highest BCUT2D eigenvalue weighted by Gasteiger charge is 2.16. The van der Waals surface area contributed by atoms with Crippen LogP contribution in [0.15, 0.2) is 41.0 Å². The molecule has 0 bridgehead atoms. The summed E-state index contributed by atoms with van der Waals surface area (Å²) in [5.74, 6) is 4.68. The second-order valence-electron chi connectivity index (χ2n) is 4.04. The van der Waals surface area contributed by atoms with Crippen molar-refractivity contribution in [3.63, 3.8) is 0 Å². The zero-order chi connectivity index (χ0) is 13.8. The first-order chi connectivity index (χ1) is 9.11. The van der Waals surface area contributed by atoms with Gasteiger partial charge in [0.2, 0.25) is 0 Å². The molecule has 0 aliphatic carbocycles. The quantitative estimate of drug-likeness (QED) is 0.670. The molecule has 3 nitrogen and oxygen atoms in total. The van der Waals surface area contributed by atoms with Crippen LogP contribution in [0.3, 0.4) is 0 Å². The van der Waals surface area contributed by atoms with Crippen molar-refractivity contribution in [2.24, 2.45) is 5.84 Å². The minimum Gasteiger partial charge on any atom is -0.271 e. The maximum absolute atomic E-state index is 13.6. The number of benzene rings is 1. The largest absolute Gasteiger partial charge is 0.271 e. The standard InChI is InChI=1S/C13H12BrF2N3/c14-9-6-8(3-4-10(9)15)7-12(19-17)13-11(16)2-1-5-18-13/h1-6,12,19H,7,17H2. The molecule has 2 rings (SSSR count). The van der Waals surface area contributed by atoms with Gasteiger partial charge in [-0.15, -0.1) is 0 Å². The van der Waals surface area contributed by atoms with Crippen molar-refractivity contribution in [1.29, 1.82) is 0 Å². The monoisotopic (exact) mass is 327 g/mol. The summed E-state index contributed by atoms with van der Waals surface area (Å²) in [6.07, 6.45) is 1.91. The molecular weight excluding hydrogens is 316 g/mol. The zero-order valence-electron chi connectivity index (χ0n) is 9.91. The summed E-state index contributed by atoms with van der Waals surface area (Å²) in [5, 5.41) is 0. The van der Waals surface area contributed by atoms with Gasteiger partial charge in [-0.2, -0.15) is 0 Å². The Bertz CT molecular complexity index is 578. The Morgan fingerprint density at radius 1 is 1.26 bits per heavy atom. The number of nitrogens with zero attached hydrogens (tertiary/aromatic N) is 1. The van der Waals surface area contributed by atoms with Crippen LogP contribution in [0.4, 0.5) is 8.78 Å². The summed E-state index contributed by atoms with van der Waals surface area (Å²) < 4.78 is 27.2. The molecule has 0 radical (unpaired) electrons. The Kier molecular flexibility index (Phi) is 4.57. The lowest BCUT2D eigenvalue weighted by Crippen LogP contribution is -2.31. The molecule has 2 aromatic rings. The smallest absolute Gasteiger partial charge is 0.146 e. The van der Waals surface area contributed by atoms with E-state index in [-0.39, 0.29) is 11.5 Å². The van der Waals surface area contributed by atoms with Gasteiger partial charge in [0, 0.05) is 6.20 Å². The van der Waals surface area contributed by atoms with Crippen LogP contribution in [0, 0.1) is 11.6 Å². The third-order valence-corrected chi connectivity index (χ3v) is 3.35. The van der Waals surface area contributed by atoms with Crippen molar-refractivity contribution in [2.45, 2.75) is 12.5 Å². The minimum atomic E-state index is -0.474. The second kappa shape index (κ2) is 6.18. The maximum atomic E-state index is 13.6. The molecule has 1 atom stereocenters. The lowest BCUT2D eigenvalue weighted by Gasteiger charge is -2.16. The number of hydrazine groups is 1. The molecule has 0 saturated heterocycles. The molecule has 1 aromatic carbocycles. The van der Waals surface area contributed by atoms with Gasteiger partial charge in [-0.1, -0.05) is 6.07 Å². The summed E-state index contributed by atoms with van der Waals surface area (Å²) in [5.41, 5.74) is 3.59. The number of rotatable bonds is 4. The van der Waals surface area contributed by atoms with Gasteiger partial charge >= 0.3 is 0 Å². The number of hydrogen-bond acceptors (Lipinski definition) is 3. The van der Waals surface area contributed by atoms with Gasteiger partial charge < -0.3 is 0 Å². The molecule has 0 amide bonds. The number of hydrogen-bond donors (Lipinski definition) is 2. The SMILES string of the molecule is NNC(Cc1ccc(F)c(Br)c1)c1ncccc1F. The summed E-state index contributed by atoms with van der Waals surface area (Å²) in [4.78, 5) is 3.98. The van der Waals surface area contributed by atoms with E-state index in [0.29, 0.717) is 10.9 Å². The van der Waals surface area contributed by atoms with Crippen LogP contribution >= 0.6 is 15.9 Å². The van der Waals surface area contributed by atoms with E-state index in [2.05, 4.69) is 26.3 Å². The number of nitrogens with one attached hydrogen (secondary N) is 1. The van der Waals surface area contributed by atoms with Crippen molar-refractivity contribution in [2.75, 3.05) is 0 Å². The minimum absolute atomic E-state index is 0.241. The first-order valence-corrected chi connectivity index (χ1v) is 6.41. The average molecular weight is 328 g/mol. The summed E-state index contributed by atoms with van der Waals surface area (Å²) in [6.45, 7) is 0. The molecule has 3 N–H and O–H groups in total. The zero-order valence-corrected chi connectivity index (χ0v) is 11.5. The van der Waals surface area contributed by atoms with Crippen LogP contribution in [-0.2, 0) is 6.42 Å². The van der Waals surface area contributed by atoms with Crippen LogP contribution in [0.1, 0.15) is 17.3 Å². The predicted octanol–water partition coefficient (Wildman–Crippen LogP) is 2.87. The van der Waals surface area contributed by atoms with Gasteiger partial charge in [0.25, 0.3) is 0 Å². The molecule has 6 heteroatoms. The molecule has 1 unspecified atom stereocenters. The van der Waals surface area contributed by atoms with Crippen LogP contribution in [0.25, 0.3) is 0 Å². The van der Waals surface area contributed by atoms with E-state index in [1.165, 1.54) is 24.4 Å². The Labute approximate surface area is 117 Å². The van der Waals surface area contributed by atoms with Gasteiger partial charge in [-0.25, -0.2) is 8.78 Å². The fraction of sp³-hybridized carbons (Fsp3) is 0.154. The molecule has 1 aromatic heterocycles. The third-order valence-electron chi connectivity index (χ3n) is 2.74. The molecular formula is C13H12BrF2N3. The Balaban J connectivity index is 2.24. The number of nitrogens with two attached hydrogens (primary N) is 1. The number of halogens is 3. The van der Waals surface area contributed by atoms with Gasteiger partial charge in [-0.05, 0) is 52.2 Å². The number of aromatic nitrogens is 1. The van der Waals surface area contributed by atoms with Gasteiger partial charge in [-0.3, -0.25) is 16.3 Å². The van der Waals surface area contributed by atoms with Crippen LogP contribution in [0.5, 0.6) is 0 Å². The first kappa shape index (κ1) is 14.0. The van der Waals surface area contributed by atoms with Crippen molar-refractivity contribution < 1.29 is 8.78 Å². The Hall–Kier alpha value is -1.37. The van der Waals surface area contributed by atoms with Crippen LogP contribution < -0.4 is 11.3 Å². The fourth-order valence-electron chi connectivity index (χ4n) is 1.79. The summed E-state index contributed by atoms with van der Waals surface area (Å²) >= 11 is 3.11. The fourth-order valence-corrected chi connectivity index (χ4v) is 2.22. The van der Waals surface area contributed by atoms with E-state index in [1.54, 1.807) is 12.1 Å². The van der Waals surface area contributed by atoms with Gasteiger partial charge in [0.1, 0.15) is 11.6 Å². The number of pyridine rings is 1. The van der Waals surface area contributed by atoms with E-state index in [0.717, 1.165) is 5.56 Å². The lowest BCUT2D eigenvalue weighted by atomic mass is 10.0. The van der Waals surface area contributed by atoms with E-state index < -0.39 is 11.9 Å². The average Bonchev–Trinajstić information content (AvgIpc) is 2.41. The second-order valence-corrected chi connectivity index (χ2v) is 4.90. The molecule has 0 aliphatic rings. The Morgan fingerprint density at radius 3 is 2.68 bits per heavy atom. The molecule has 1 heterocycles. The van der Waals surface area contributed by atoms with E-state index in [4.69, 9.17) is 5.84 Å². The molecule has 0 spiro atoms. The molecule has 0 aliphatic heterocycles. The predicted molar refractivity (Wildman–Crippen MR) is 72.1 cm³/mol. The summed E-state index contributed by atoms with van der Waals surface area (Å²) in [6, 6.07) is 6.99. The van der Waals surface area contributed by atoms with Gasteiger partial charge in [0.15, 0.2) is 0 Å². The van der Waals surface area contributed by atoms with Crippen LogP contribution in [-0.4, -0.2) is 4.98 Å². The van der Waals surface area contributed by atoms with Crippen LogP contribution in [0.2, 0.25) is 0 Å². The van der Waals surface area contributed by atoms with E-state index in [1.807, 2.05) is 0 Å². The lowest BCUT2D eigenvalue weighted by molar-refractivity contribution is 0.494. The highest BCUT2D eigenvalue weighted by molar-refractivity contribution is 9.10. The maximum Gasteiger partial charge on any atom is 0.146 e. The van der Waals surface area contributed by atoms with Gasteiger partial charge in [0.05, 0.1) is 16.2 Å². The Morgan fingerprint density at radius 2 is 2.05 bits per heavy atom. The van der Waals surface area contributed by atoms with Crippen molar-refractivity contribution in [1.82, 2.24) is 10.4 Å². The highest BCUT2D eigenvalue weighted by atomic mass is 79.9. The van der Waals surface area contributed by atoms with E-state index in [9.17, 15) is 8.78 Å². The molecule has 19 heavy (non-hydrogen) atoms. The topological polar surface area (TPSA) is 50.9 Å². The van der Waals surface area contributed by atoms with Crippen molar-refractivity contribution >= 4 is 15.9 Å². The normalized spacial score (nSPS) is 12.4. The molecule has 0 saturated carbocycles. The first-order valence-electron chi connectivity index (χ1n) is 5.62. The van der Waals surface area contributed by atoms with Crippen molar-refractivity contribution in [3.05, 3.63) is 63.9 Å². The third kappa shape index (κ3) is 3.34.